The van der Waals surface area contributed by atoms with Gasteiger partial charge >= 0.3 is 6.09 Å². The summed E-state index contributed by atoms with van der Waals surface area (Å²) < 4.78 is 7.38. The van der Waals surface area contributed by atoms with E-state index in [0.29, 0.717) is 6.54 Å². The quantitative estimate of drug-likeness (QED) is 0.628. The molecule has 2 heterocycles. The number of carbonyl (C=O) groups excluding carboxylic acids is 1. The lowest BCUT2D eigenvalue weighted by molar-refractivity contribution is 0.0193. The maximum absolute atomic E-state index is 12.3. The van der Waals surface area contributed by atoms with E-state index in [0.717, 1.165) is 44.0 Å². The zero-order valence-corrected chi connectivity index (χ0v) is 16.6. The molecule has 146 valence electrons. The van der Waals surface area contributed by atoms with Crippen molar-refractivity contribution < 1.29 is 9.53 Å². The molecule has 0 aliphatic carbocycles. The third-order valence-corrected chi connectivity index (χ3v) is 4.03. The van der Waals surface area contributed by atoms with E-state index in [4.69, 9.17) is 4.74 Å². The highest BCUT2D eigenvalue weighted by atomic mass is 16.6. The molecule has 8 nitrogen and oxygen atoms in total. The summed E-state index contributed by atoms with van der Waals surface area (Å²) in [5.41, 5.74) is 0.678. The summed E-state index contributed by atoms with van der Waals surface area (Å²) in [5, 5.41) is 11.0. The van der Waals surface area contributed by atoms with Crippen molar-refractivity contribution in [2.75, 3.05) is 26.7 Å². The van der Waals surface area contributed by atoms with Crippen molar-refractivity contribution in [3.05, 3.63) is 18.0 Å². The van der Waals surface area contributed by atoms with Gasteiger partial charge in [-0.1, -0.05) is 0 Å². The first-order valence-electron chi connectivity index (χ1n) is 9.21. The first kappa shape index (κ1) is 20.1. The number of hydrogen-bond donors (Lipinski definition) is 2. The van der Waals surface area contributed by atoms with Crippen LogP contribution < -0.4 is 10.6 Å². The standard InChI is InChI=1S/C18H32N6O2/c1-14-11-21-24(12-14)10-8-20-16(19-5)22-15-7-6-9-23(13-15)17(25)26-18(2,3)4/h11-12,15H,6-10,13H2,1-5H3,(H2,19,20,22). The number of aromatic nitrogens is 2. The van der Waals surface area contributed by atoms with Crippen LogP contribution >= 0.6 is 0 Å². The predicted molar refractivity (Wildman–Crippen MR) is 102 cm³/mol. The SMILES string of the molecule is CN=C(NCCn1cc(C)cn1)NC1CCCN(C(=O)OC(C)(C)C)C1. The Bertz CT molecular complexity index is 619. The average Bonchev–Trinajstić information content (AvgIpc) is 2.98. The Labute approximate surface area is 156 Å². The van der Waals surface area contributed by atoms with Gasteiger partial charge in [-0.2, -0.15) is 5.10 Å². The molecule has 1 aromatic heterocycles. The second kappa shape index (κ2) is 8.91. The van der Waals surface area contributed by atoms with Gasteiger partial charge in [-0.05, 0) is 46.1 Å². The molecule has 1 atom stereocenters. The molecule has 0 bridgehead atoms. The molecule has 0 aromatic carbocycles. The summed E-state index contributed by atoms with van der Waals surface area (Å²) in [7, 11) is 1.75. The molecule has 0 saturated carbocycles. The lowest BCUT2D eigenvalue weighted by atomic mass is 10.1. The third kappa shape index (κ3) is 6.57. The molecule has 2 rings (SSSR count). The third-order valence-electron chi connectivity index (χ3n) is 4.03. The summed E-state index contributed by atoms with van der Waals surface area (Å²) in [6.45, 7) is 10.5. The summed E-state index contributed by atoms with van der Waals surface area (Å²) >= 11 is 0. The van der Waals surface area contributed by atoms with Crippen LogP contribution in [0.4, 0.5) is 4.79 Å². The van der Waals surface area contributed by atoms with Crippen LogP contribution in [-0.2, 0) is 11.3 Å². The highest BCUT2D eigenvalue weighted by Gasteiger charge is 2.27. The minimum Gasteiger partial charge on any atom is -0.444 e. The van der Waals surface area contributed by atoms with Crippen LogP contribution in [0.15, 0.2) is 17.4 Å². The molecule has 1 saturated heterocycles. The fourth-order valence-corrected chi connectivity index (χ4v) is 2.85. The highest BCUT2D eigenvalue weighted by molar-refractivity contribution is 5.80. The van der Waals surface area contributed by atoms with Crippen LogP contribution in [0.3, 0.4) is 0 Å². The molecule has 2 N–H and O–H groups in total. The van der Waals surface area contributed by atoms with E-state index in [1.54, 1.807) is 11.9 Å². The summed E-state index contributed by atoms with van der Waals surface area (Å²) in [5.74, 6) is 0.741. The Kier molecular flexibility index (Phi) is 6.88. The van der Waals surface area contributed by atoms with Gasteiger partial charge in [-0.15, -0.1) is 0 Å². The number of aliphatic imine (C=N–C) groups is 1. The van der Waals surface area contributed by atoms with Gasteiger partial charge in [0.25, 0.3) is 0 Å². The lowest BCUT2D eigenvalue weighted by Crippen LogP contribution is -2.53. The minimum atomic E-state index is -0.472. The van der Waals surface area contributed by atoms with Crippen LogP contribution in [0.1, 0.15) is 39.2 Å². The molecular formula is C18H32N6O2. The Morgan fingerprint density at radius 3 is 2.85 bits per heavy atom. The van der Waals surface area contributed by atoms with Crippen molar-refractivity contribution in [2.24, 2.45) is 4.99 Å². The number of piperidine rings is 1. The van der Waals surface area contributed by atoms with Crippen molar-refractivity contribution in [3.8, 4) is 0 Å². The Balaban J connectivity index is 1.78. The van der Waals surface area contributed by atoms with E-state index in [9.17, 15) is 4.79 Å². The van der Waals surface area contributed by atoms with E-state index in [2.05, 4.69) is 20.7 Å². The summed E-state index contributed by atoms with van der Waals surface area (Å²) in [6.07, 6.45) is 5.55. The lowest BCUT2D eigenvalue weighted by Gasteiger charge is -2.35. The van der Waals surface area contributed by atoms with Gasteiger partial charge in [0.1, 0.15) is 5.60 Å². The molecule has 1 aliphatic rings. The van der Waals surface area contributed by atoms with Crippen molar-refractivity contribution in [1.82, 2.24) is 25.3 Å². The molecule has 8 heteroatoms. The van der Waals surface area contributed by atoms with E-state index < -0.39 is 5.60 Å². The van der Waals surface area contributed by atoms with Crippen molar-refractivity contribution in [2.45, 2.75) is 58.7 Å². The molecule has 0 radical (unpaired) electrons. The molecule has 1 fully saturated rings. The van der Waals surface area contributed by atoms with Gasteiger partial charge in [0, 0.05) is 38.9 Å². The van der Waals surface area contributed by atoms with E-state index in [1.165, 1.54) is 0 Å². The maximum atomic E-state index is 12.3. The van der Waals surface area contributed by atoms with Crippen LogP contribution in [0.2, 0.25) is 0 Å². The number of aryl methyl sites for hydroxylation is 1. The maximum Gasteiger partial charge on any atom is 0.410 e. The van der Waals surface area contributed by atoms with Crippen LogP contribution in [0.25, 0.3) is 0 Å². The Morgan fingerprint density at radius 1 is 1.46 bits per heavy atom. The molecule has 26 heavy (non-hydrogen) atoms. The van der Waals surface area contributed by atoms with E-state index >= 15 is 0 Å². The topological polar surface area (TPSA) is 83.8 Å². The highest BCUT2D eigenvalue weighted by Crippen LogP contribution is 2.15. The zero-order valence-electron chi connectivity index (χ0n) is 16.6. The summed E-state index contributed by atoms with van der Waals surface area (Å²) in [6, 6.07) is 0.161. The van der Waals surface area contributed by atoms with Crippen molar-refractivity contribution >= 4 is 12.1 Å². The molecule has 1 aromatic rings. The number of guanidine groups is 1. The first-order valence-corrected chi connectivity index (χ1v) is 9.21. The number of carbonyl (C=O) groups is 1. The zero-order chi connectivity index (χ0) is 19.2. The van der Waals surface area contributed by atoms with Gasteiger partial charge in [0.2, 0.25) is 0 Å². The Hall–Kier alpha value is -2.25. The normalized spacial score (nSPS) is 18.6. The number of ether oxygens (including phenoxy) is 1. The van der Waals surface area contributed by atoms with E-state index in [-0.39, 0.29) is 12.1 Å². The van der Waals surface area contributed by atoms with Crippen LogP contribution in [-0.4, -0.2) is 65.1 Å². The fourth-order valence-electron chi connectivity index (χ4n) is 2.85. The number of amides is 1. The predicted octanol–water partition coefficient (Wildman–Crippen LogP) is 1.76. The Morgan fingerprint density at radius 2 is 2.23 bits per heavy atom. The van der Waals surface area contributed by atoms with Crippen LogP contribution in [0.5, 0.6) is 0 Å². The molecule has 1 unspecified atom stereocenters. The average molecular weight is 364 g/mol. The molecule has 1 aliphatic heterocycles. The number of rotatable bonds is 4. The van der Waals surface area contributed by atoms with Crippen molar-refractivity contribution in [1.29, 1.82) is 0 Å². The minimum absolute atomic E-state index is 0.161. The largest absolute Gasteiger partial charge is 0.444 e. The smallest absolute Gasteiger partial charge is 0.410 e. The van der Waals surface area contributed by atoms with Gasteiger partial charge in [0.15, 0.2) is 5.96 Å². The van der Waals surface area contributed by atoms with Gasteiger partial charge in [0.05, 0.1) is 12.7 Å². The molecule has 0 spiro atoms. The summed E-state index contributed by atoms with van der Waals surface area (Å²) in [4.78, 5) is 18.3. The fraction of sp³-hybridized carbons (Fsp3) is 0.722. The van der Waals surface area contributed by atoms with E-state index in [1.807, 2.05) is 44.8 Å². The van der Waals surface area contributed by atoms with Crippen LogP contribution in [0, 0.1) is 6.92 Å². The number of hydrogen-bond acceptors (Lipinski definition) is 4. The monoisotopic (exact) mass is 364 g/mol. The molecule has 1 amide bonds. The van der Waals surface area contributed by atoms with Gasteiger partial charge < -0.3 is 20.3 Å². The number of nitrogens with one attached hydrogen (secondary N) is 2. The number of nitrogens with zero attached hydrogens (tertiary/aromatic N) is 4. The molecular weight excluding hydrogens is 332 g/mol. The van der Waals surface area contributed by atoms with Crippen molar-refractivity contribution in [3.63, 3.8) is 0 Å². The van der Waals surface area contributed by atoms with Gasteiger partial charge in [-0.3, -0.25) is 9.67 Å². The first-order chi connectivity index (χ1) is 12.3. The number of likely N-dealkylation sites (tertiary alicyclic amines) is 1. The second-order valence-electron chi connectivity index (χ2n) is 7.69. The van der Waals surface area contributed by atoms with Gasteiger partial charge in [-0.25, -0.2) is 4.79 Å². The second-order valence-corrected chi connectivity index (χ2v) is 7.69.